The summed E-state index contributed by atoms with van der Waals surface area (Å²) >= 11 is 0. The van der Waals surface area contributed by atoms with Crippen LogP contribution in [0.5, 0.6) is 0 Å². The van der Waals surface area contributed by atoms with Crippen molar-refractivity contribution >= 4 is 9.84 Å². The smallest absolute Gasteiger partial charge is 0.150 e. The fourth-order valence-corrected chi connectivity index (χ4v) is 4.79. The number of rotatable bonds is 1. The molecule has 0 aromatic carbocycles. The van der Waals surface area contributed by atoms with Gasteiger partial charge in [-0.2, -0.15) is 0 Å². The maximum atomic E-state index is 11.4. The molecular formula is C10H19NO2S. The van der Waals surface area contributed by atoms with Crippen molar-refractivity contribution in [3.63, 3.8) is 0 Å². The average Bonchev–Trinajstić information content (AvgIpc) is 2.48. The van der Waals surface area contributed by atoms with Crippen LogP contribution < -0.4 is 5.73 Å². The van der Waals surface area contributed by atoms with Gasteiger partial charge in [-0.3, -0.25) is 0 Å². The van der Waals surface area contributed by atoms with E-state index in [1.54, 1.807) is 0 Å². The lowest BCUT2D eigenvalue weighted by atomic mass is 9.73. The van der Waals surface area contributed by atoms with Crippen LogP contribution in [0.25, 0.3) is 0 Å². The Morgan fingerprint density at radius 2 is 1.79 bits per heavy atom. The van der Waals surface area contributed by atoms with Crippen LogP contribution in [-0.4, -0.2) is 25.5 Å². The lowest BCUT2D eigenvalue weighted by molar-refractivity contribution is 0.212. The van der Waals surface area contributed by atoms with E-state index in [9.17, 15) is 8.42 Å². The standard InChI is InChI=1S/C10H19NO2S/c11-10(5-2-1-3-6-10)9-4-7-14(12,13)8-9/h9H,1-8,11H2. The lowest BCUT2D eigenvalue weighted by Gasteiger charge is -2.38. The van der Waals surface area contributed by atoms with Crippen LogP contribution in [0.4, 0.5) is 0 Å². The molecule has 4 heteroatoms. The minimum Gasteiger partial charge on any atom is -0.325 e. The van der Waals surface area contributed by atoms with Gasteiger partial charge in [0, 0.05) is 5.54 Å². The van der Waals surface area contributed by atoms with E-state index in [-0.39, 0.29) is 11.5 Å². The molecule has 0 aromatic rings. The van der Waals surface area contributed by atoms with Gasteiger partial charge in [0.2, 0.25) is 0 Å². The molecule has 0 bridgehead atoms. The van der Waals surface area contributed by atoms with Crippen molar-refractivity contribution in [3.05, 3.63) is 0 Å². The van der Waals surface area contributed by atoms with E-state index >= 15 is 0 Å². The molecule has 1 unspecified atom stereocenters. The first kappa shape index (κ1) is 10.4. The van der Waals surface area contributed by atoms with E-state index < -0.39 is 9.84 Å². The molecule has 3 nitrogen and oxygen atoms in total. The summed E-state index contributed by atoms with van der Waals surface area (Å²) in [5, 5.41) is 0. The highest BCUT2D eigenvalue weighted by atomic mass is 32.2. The molecule has 2 aliphatic rings. The minimum absolute atomic E-state index is 0.165. The molecule has 1 saturated carbocycles. The Hall–Kier alpha value is -0.0900. The fourth-order valence-electron chi connectivity index (χ4n) is 2.87. The number of hydrogen-bond donors (Lipinski definition) is 1. The highest BCUT2D eigenvalue weighted by molar-refractivity contribution is 7.91. The highest BCUT2D eigenvalue weighted by Gasteiger charge is 2.42. The summed E-state index contributed by atoms with van der Waals surface area (Å²) < 4.78 is 22.7. The summed E-state index contributed by atoms with van der Waals surface area (Å²) in [6.07, 6.45) is 6.44. The second kappa shape index (κ2) is 3.49. The Morgan fingerprint density at radius 1 is 1.14 bits per heavy atom. The van der Waals surface area contributed by atoms with Gasteiger partial charge in [0.05, 0.1) is 11.5 Å². The fraction of sp³-hybridized carbons (Fsp3) is 1.00. The van der Waals surface area contributed by atoms with Crippen LogP contribution in [0.1, 0.15) is 38.5 Å². The molecule has 82 valence electrons. The highest BCUT2D eigenvalue weighted by Crippen LogP contribution is 2.37. The normalized spacial score (nSPS) is 35.6. The lowest BCUT2D eigenvalue weighted by Crippen LogP contribution is -2.49. The zero-order chi connectivity index (χ0) is 10.2. The van der Waals surface area contributed by atoms with Crippen molar-refractivity contribution in [2.24, 2.45) is 11.7 Å². The van der Waals surface area contributed by atoms with Gasteiger partial charge in [-0.25, -0.2) is 8.42 Å². The van der Waals surface area contributed by atoms with E-state index in [1.807, 2.05) is 0 Å². The third kappa shape index (κ3) is 1.96. The van der Waals surface area contributed by atoms with E-state index in [2.05, 4.69) is 0 Å². The zero-order valence-corrected chi connectivity index (χ0v) is 9.35. The molecule has 0 aromatic heterocycles. The Kier molecular flexibility index (Phi) is 2.60. The predicted molar refractivity (Wildman–Crippen MR) is 56.8 cm³/mol. The quantitative estimate of drug-likeness (QED) is 0.715. The summed E-state index contributed by atoms with van der Waals surface area (Å²) in [6.45, 7) is 0. The van der Waals surface area contributed by atoms with E-state index in [0.717, 1.165) is 19.3 Å². The van der Waals surface area contributed by atoms with E-state index in [0.29, 0.717) is 11.5 Å². The van der Waals surface area contributed by atoms with Crippen LogP contribution in [0.2, 0.25) is 0 Å². The van der Waals surface area contributed by atoms with Crippen LogP contribution in [0.15, 0.2) is 0 Å². The molecule has 2 rings (SSSR count). The number of sulfone groups is 1. The molecular weight excluding hydrogens is 198 g/mol. The average molecular weight is 217 g/mol. The van der Waals surface area contributed by atoms with Gasteiger partial charge in [0.25, 0.3) is 0 Å². The Labute approximate surface area is 86.0 Å². The number of nitrogens with two attached hydrogens (primary N) is 1. The van der Waals surface area contributed by atoms with Crippen molar-refractivity contribution < 1.29 is 8.42 Å². The van der Waals surface area contributed by atoms with Crippen molar-refractivity contribution in [2.75, 3.05) is 11.5 Å². The first-order valence-electron chi connectivity index (χ1n) is 5.51. The van der Waals surface area contributed by atoms with Crippen LogP contribution >= 0.6 is 0 Å². The second-order valence-electron chi connectivity index (χ2n) is 4.89. The third-order valence-corrected chi connectivity index (χ3v) is 5.60. The van der Waals surface area contributed by atoms with Crippen molar-refractivity contribution in [3.8, 4) is 0 Å². The summed E-state index contributed by atoms with van der Waals surface area (Å²) in [5.74, 6) is 0.924. The summed E-state index contributed by atoms with van der Waals surface area (Å²) in [6, 6.07) is 0. The van der Waals surface area contributed by atoms with Crippen molar-refractivity contribution in [2.45, 2.75) is 44.1 Å². The van der Waals surface area contributed by atoms with Crippen LogP contribution in [0.3, 0.4) is 0 Å². The molecule has 1 aliphatic heterocycles. The predicted octanol–water partition coefficient (Wildman–Crippen LogP) is 1.08. The van der Waals surface area contributed by atoms with Crippen molar-refractivity contribution in [1.82, 2.24) is 0 Å². The zero-order valence-electron chi connectivity index (χ0n) is 8.54. The first-order chi connectivity index (χ1) is 6.52. The van der Waals surface area contributed by atoms with E-state index in [4.69, 9.17) is 5.73 Å². The van der Waals surface area contributed by atoms with Gasteiger partial charge < -0.3 is 5.73 Å². The topological polar surface area (TPSA) is 60.2 Å². The van der Waals surface area contributed by atoms with Crippen LogP contribution in [0, 0.1) is 5.92 Å². The molecule has 1 saturated heterocycles. The van der Waals surface area contributed by atoms with Gasteiger partial charge in [-0.15, -0.1) is 0 Å². The van der Waals surface area contributed by atoms with E-state index in [1.165, 1.54) is 19.3 Å². The number of hydrogen-bond acceptors (Lipinski definition) is 3. The largest absolute Gasteiger partial charge is 0.325 e. The molecule has 2 N–H and O–H groups in total. The van der Waals surface area contributed by atoms with Gasteiger partial charge in [0.1, 0.15) is 0 Å². The molecule has 1 aliphatic carbocycles. The summed E-state index contributed by atoms with van der Waals surface area (Å²) in [4.78, 5) is 0. The monoisotopic (exact) mass is 217 g/mol. The molecule has 0 spiro atoms. The van der Waals surface area contributed by atoms with Crippen molar-refractivity contribution in [1.29, 1.82) is 0 Å². The Balaban J connectivity index is 2.08. The molecule has 14 heavy (non-hydrogen) atoms. The second-order valence-corrected chi connectivity index (χ2v) is 7.12. The van der Waals surface area contributed by atoms with Gasteiger partial charge in [-0.1, -0.05) is 19.3 Å². The van der Waals surface area contributed by atoms with Gasteiger partial charge in [-0.05, 0) is 25.2 Å². The Morgan fingerprint density at radius 3 is 2.29 bits per heavy atom. The first-order valence-corrected chi connectivity index (χ1v) is 7.33. The molecule has 1 atom stereocenters. The molecule has 2 fully saturated rings. The van der Waals surface area contributed by atoms with Crippen LogP contribution in [-0.2, 0) is 9.84 Å². The SMILES string of the molecule is NC1(C2CCS(=O)(=O)C2)CCCCC1. The summed E-state index contributed by atoms with van der Waals surface area (Å²) in [7, 11) is -2.76. The van der Waals surface area contributed by atoms with Gasteiger partial charge in [0.15, 0.2) is 9.84 Å². The molecule has 0 radical (unpaired) electrons. The molecule has 1 heterocycles. The maximum Gasteiger partial charge on any atom is 0.150 e. The maximum absolute atomic E-state index is 11.4. The molecule has 0 amide bonds. The summed E-state index contributed by atoms with van der Waals surface area (Å²) in [5.41, 5.74) is 6.16. The third-order valence-electron chi connectivity index (χ3n) is 3.83. The minimum atomic E-state index is -2.76. The Bertz CT molecular complexity index is 304. The van der Waals surface area contributed by atoms with Gasteiger partial charge >= 0.3 is 0 Å².